The molecule has 0 aromatic carbocycles. The van der Waals surface area contributed by atoms with Gasteiger partial charge in [0.1, 0.15) is 11.9 Å². The summed E-state index contributed by atoms with van der Waals surface area (Å²) >= 11 is 0. The first-order valence-electron chi connectivity index (χ1n) is 6.43. The number of nitriles is 1. The van der Waals surface area contributed by atoms with E-state index in [1.54, 1.807) is 6.07 Å². The Labute approximate surface area is 108 Å². The molecule has 1 fully saturated rings. The standard InChI is InChI=1S/C14H20N4/c1-14(2)7-3-4-10(8-14)17-13-6-5-11(16)12(9-15)18-13/h5-6,10H,3-4,7-8,16H2,1-2H3,(H,17,18). The number of nitrogens with zero attached hydrogens (tertiary/aromatic N) is 2. The van der Waals surface area contributed by atoms with Crippen molar-refractivity contribution < 1.29 is 0 Å². The van der Waals surface area contributed by atoms with Crippen LogP contribution in [0.5, 0.6) is 0 Å². The minimum atomic E-state index is 0.301. The van der Waals surface area contributed by atoms with E-state index in [4.69, 9.17) is 11.0 Å². The van der Waals surface area contributed by atoms with Crippen molar-refractivity contribution in [1.29, 1.82) is 5.26 Å². The summed E-state index contributed by atoms with van der Waals surface area (Å²) in [7, 11) is 0. The van der Waals surface area contributed by atoms with E-state index < -0.39 is 0 Å². The van der Waals surface area contributed by atoms with E-state index in [0.29, 0.717) is 22.8 Å². The van der Waals surface area contributed by atoms with Gasteiger partial charge in [0.25, 0.3) is 0 Å². The molecule has 0 radical (unpaired) electrons. The van der Waals surface area contributed by atoms with Gasteiger partial charge in [-0.2, -0.15) is 5.26 Å². The topological polar surface area (TPSA) is 74.7 Å². The summed E-state index contributed by atoms with van der Waals surface area (Å²) in [6.07, 6.45) is 4.83. The molecule has 0 aliphatic heterocycles. The molecule has 0 spiro atoms. The number of nitrogens with one attached hydrogen (secondary N) is 1. The number of nitrogens with two attached hydrogens (primary N) is 1. The number of hydrogen-bond acceptors (Lipinski definition) is 4. The minimum absolute atomic E-state index is 0.301. The molecule has 1 saturated carbocycles. The molecular formula is C14H20N4. The molecule has 2 rings (SSSR count). The Morgan fingerprint density at radius 1 is 1.50 bits per heavy atom. The second kappa shape index (κ2) is 4.85. The van der Waals surface area contributed by atoms with Gasteiger partial charge in [-0.05, 0) is 36.8 Å². The number of nitrogen functional groups attached to an aromatic ring is 1. The van der Waals surface area contributed by atoms with Gasteiger partial charge in [-0.25, -0.2) is 4.98 Å². The van der Waals surface area contributed by atoms with Gasteiger partial charge in [-0.3, -0.25) is 0 Å². The zero-order valence-corrected chi connectivity index (χ0v) is 11.0. The molecule has 1 atom stereocenters. The average Bonchev–Trinajstić information content (AvgIpc) is 2.30. The van der Waals surface area contributed by atoms with Crippen molar-refractivity contribution in [3.05, 3.63) is 17.8 Å². The van der Waals surface area contributed by atoms with E-state index in [-0.39, 0.29) is 0 Å². The quantitative estimate of drug-likeness (QED) is 0.838. The van der Waals surface area contributed by atoms with Crippen LogP contribution in [-0.4, -0.2) is 11.0 Å². The summed E-state index contributed by atoms with van der Waals surface area (Å²) in [6.45, 7) is 4.61. The van der Waals surface area contributed by atoms with Crippen LogP contribution < -0.4 is 11.1 Å². The molecule has 0 amide bonds. The van der Waals surface area contributed by atoms with Gasteiger partial charge in [0.15, 0.2) is 5.69 Å². The van der Waals surface area contributed by atoms with Gasteiger partial charge in [0.2, 0.25) is 0 Å². The smallest absolute Gasteiger partial charge is 0.165 e. The molecule has 96 valence electrons. The lowest BCUT2D eigenvalue weighted by molar-refractivity contribution is 0.229. The highest BCUT2D eigenvalue weighted by Gasteiger charge is 2.27. The van der Waals surface area contributed by atoms with Crippen LogP contribution in [-0.2, 0) is 0 Å². The maximum atomic E-state index is 8.91. The van der Waals surface area contributed by atoms with Crippen molar-refractivity contribution in [3.63, 3.8) is 0 Å². The summed E-state index contributed by atoms with van der Waals surface area (Å²) in [5.74, 6) is 0.753. The van der Waals surface area contributed by atoms with E-state index in [0.717, 1.165) is 18.7 Å². The van der Waals surface area contributed by atoms with Crippen LogP contribution in [0, 0.1) is 16.7 Å². The van der Waals surface area contributed by atoms with Crippen LogP contribution in [0.3, 0.4) is 0 Å². The van der Waals surface area contributed by atoms with Crippen LogP contribution in [0.1, 0.15) is 45.2 Å². The molecular weight excluding hydrogens is 224 g/mol. The van der Waals surface area contributed by atoms with Gasteiger partial charge in [0, 0.05) is 6.04 Å². The summed E-state index contributed by atoms with van der Waals surface area (Å²) in [4.78, 5) is 4.24. The lowest BCUT2D eigenvalue weighted by atomic mass is 9.75. The number of anilines is 2. The Kier molecular flexibility index (Phi) is 3.42. The molecule has 1 unspecified atom stereocenters. The SMILES string of the molecule is CC1(C)CCCC(Nc2ccc(N)c(C#N)n2)C1. The highest BCUT2D eigenvalue weighted by atomic mass is 15.0. The van der Waals surface area contributed by atoms with E-state index in [2.05, 4.69) is 24.1 Å². The van der Waals surface area contributed by atoms with Gasteiger partial charge in [-0.1, -0.05) is 20.3 Å². The first-order valence-corrected chi connectivity index (χ1v) is 6.43. The van der Waals surface area contributed by atoms with Crippen LogP contribution in [0.2, 0.25) is 0 Å². The Morgan fingerprint density at radius 3 is 2.94 bits per heavy atom. The van der Waals surface area contributed by atoms with Crippen LogP contribution in [0.4, 0.5) is 11.5 Å². The van der Waals surface area contributed by atoms with Crippen molar-refractivity contribution in [3.8, 4) is 6.07 Å². The molecule has 1 aromatic heterocycles. The van der Waals surface area contributed by atoms with Crippen molar-refractivity contribution >= 4 is 11.5 Å². The fourth-order valence-corrected chi connectivity index (χ4v) is 2.67. The number of hydrogen-bond donors (Lipinski definition) is 2. The van der Waals surface area contributed by atoms with Gasteiger partial charge >= 0.3 is 0 Å². The summed E-state index contributed by atoms with van der Waals surface area (Å²) in [5, 5.41) is 12.3. The van der Waals surface area contributed by atoms with E-state index >= 15 is 0 Å². The lowest BCUT2D eigenvalue weighted by Crippen LogP contribution is -2.32. The zero-order valence-electron chi connectivity index (χ0n) is 11.0. The molecule has 18 heavy (non-hydrogen) atoms. The first kappa shape index (κ1) is 12.7. The Morgan fingerprint density at radius 2 is 2.28 bits per heavy atom. The van der Waals surface area contributed by atoms with Crippen molar-refractivity contribution in [2.75, 3.05) is 11.1 Å². The maximum Gasteiger partial charge on any atom is 0.165 e. The molecule has 1 aliphatic rings. The van der Waals surface area contributed by atoms with Crippen molar-refractivity contribution in [2.45, 2.75) is 45.6 Å². The third kappa shape index (κ3) is 2.92. The van der Waals surface area contributed by atoms with E-state index in [1.807, 2.05) is 12.1 Å². The fraction of sp³-hybridized carbons (Fsp3) is 0.571. The molecule has 4 nitrogen and oxygen atoms in total. The second-order valence-electron chi connectivity index (χ2n) is 5.85. The molecule has 1 aliphatic carbocycles. The fourth-order valence-electron chi connectivity index (χ4n) is 2.67. The second-order valence-corrected chi connectivity index (χ2v) is 5.85. The van der Waals surface area contributed by atoms with E-state index in [9.17, 15) is 0 Å². The van der Waals surface area contributed by atoms with Gasteiger partial charge in [-0.15, -0.1) is 0 Å². The Hall–Kier alpha value is -1.76. The Bertz CT molecular complexity index is 473. The first-order chi connectivity index (χ1) is 8.50. The molecule has 4 heteroatoms. The zero-order chi connectivity index (χ0) is 13.2. The predicted molar refractivity (Wildman–Crippen MR) is 73.0 cm³/mol. The third-order valence-electron chi connectivity index (χ3n) is 3.59. The maximum absolute atomic E-state index is 8.91. The predicted octanol–water partition coefficient (Wildman–Crippen LogP) is 2.92. The summed E-state index contributed by atoms with van der Waals surface area (Å²) < 4.78 is 0. The molecule has 1 heterocycles. The molecule has 0 bridgehead atoms. The third-order valence-corrected chi connectivity index (χ3v) is 3.59. The highest BCUT2D eigenvalue weighted by molar-refractivity contribution is 5.54. The summed E-state index contributed by atoms with van der Waals surface area (Å²) in [6, 6.07) is 6.04. The van der Waals surface area contributed by atoms with E-state index in [1.165, 1.54) is 12.8 Å². The normalized spacial score (nSPS) is 22.2. The van der Waals surface area contributed by atoms with Crippen LogP contribution >= 0.6 is 0 Å². The Balaban J connectivity index is 2.08. The van der Waals surface area contributed by atoms with Crippen molar-refractivity contribution in [2.24, 2.45) is 5.41 Å². The number of aromatic nitrogens is 1. The average molecular weight is 244 g/mol. The molecule has 0 saturated heterocycles. The van der Waals surface area contributed by atoms with Crippen molar-refractivity contribution in [1.82, 2.24) is 4.98 Å². The van der Waals surface area contributed by atoms with Gasteiger partial charge in [0.05, 0.1) is 5.69 Å². The van der Waals surface area contributed by atoms with Crippen LogP contribution in [0.15, 0.2) is 12.1 Å². The van der Waals surface area contributed by atoms with Crippen LogP contribution in [0.25, 0.3) is 0 Å². The monoisotopic (exact) mass is 244 g/mol. The summed E-state index contributed by atoms with van der Waals surface area (Å²) in [5.41, 5.74) is 6.79. The van der Waals surface area contributed by atoms with Gasteiger partial charge < -0.3 is 11.1 Å². The lowest BCUT2D eigenvalue weighted by Gasteiger charge is -2.35. The largest absolute Gasteiger partial charge is 0.396 e. The minimum Gasteiger partial charge on any atom is -0.396 e. The molecule has 1 aromatic rings. The number of rotatable bonds is 2. The highest BCUT2D eigenvalue weighted by Crippen LogP contribution is 2.36. The molecule has 3 N–H and O–H groups in total. The number of pyridine rings is 1.